The molecule has 0 fully saturated rings. The first-order chi connectivity index (χ1) is 11.2. The van der Waals surface area contributed by atoms with Crippen LogP contribution in [0.4, 0.5) is 5.69 Å². The van der Waals surface area contributed by atoms with E-state index in [0.29, 0.717) is 17.0 Å². The molecule has 1 aliphatic rings. The lowest BCUT2D eigenvalue weighted by Crippen LogP contribution is -2.18. The van der Waals surface area contributed by atoms with Gasteiger partial charge in [-0.2, -0.15) is 5.11 Å². The van der Waals surface area contributed by atoms with Crippen LogP contribution < -0.4 is 10.1 Å². The van der Waals surface area contributed by atoms with E-state index in [-0.39, 0.29) is 18.2 Å². The number of methoxy groups -OCH3 is 1. The third-order valence-electron chi connectivity index (χ3n) is 3.57. The van der Waals surface area contributed by atoms with Crippen molar-refractivity contribution in [2.45, 2.75) is 12.5 Å². The highest BCUT2D eigenvalue weighted by Crippen LogP contribution is 2.30. The van der Waals surface area contributed by atoms with Gasteiger partial charge in [-0.05, 0) is 23.8 Å². The molecule has 0 aromatic heterocycles. The normalized spacial score (nSPS) is 15.9. The van der Waals surface area contributed by atoms with E-state index in [4.69, 9.17) is 4.74 Å². The third kappa shape index (κ3) is 3.26. The molecule has 1 heterocycles. The van der Waals surface area contributed by atoms with Gasteiger partial charge in [-0.1, -0.05) is 24.3 Å². The summed E-state index contributed by atoms with van der Waals surface area (Å²) in [5, 5.41) is 10.4. The maximum atomic E-state index is 12.2. The van der Waals surface area contributed by atoms with Gasteiger partial charge in [0.15, 0.2) is 0 Å². The van der Waals surface area contributed by atoms with Crippen LogP contribution in [0.2, 0.25) is 0 Å². The van der Waals surface area contributed by atoms with Crippen molar-refractivity contribution < 1.29 is 14.3 Å². The Balaban J connectivity index is 1.73. The summed E-state index contributed by atoms with van der Waals surface area (Å²) < 4.78 is 5.12. The highest BCUT2D eigenvalue weighted by Gasteiger charge is 2.25. The molecule has 1 N–H and O–H groups in total. The standard InChI is InChI=1S/C17H15N3O3/c1-23-12-6-4-5-11(9-12)18-16(21)10-15-13-7-2-3-8-14(13)17(22)20-19-15/h2-9,15H,10H2,1H3,(H,18,21). The number of anilines is 1. The number of carbonyl (C=O) groups excluding carboxylic acids is 2. The third-order valence-corrected chi connectivity index (χ3v) is 3.57. The minimum Gasteiger partial charge on any atom is -0.497 e. The zero-order valence-corrected chi connectivity index (χ0v) is 12.5. The lowest BCUT2D eigenvalue weighted by Gasteiger charge is -2.17. The van der Waals surface area contributed by atoms with Gasteiger partial charge in [0.05, 0.1) is 13.5 Å². The summed E-state index contributed by atoms with van der Waals surface area (Å²) >= 11 is 0. The number of rotatable bonds is 4. The Morgan fingerprint density at radius 3 is 2.87 bits per heavy atom. The molecule has 0 radical (unpaired) electrons. The summed E-state index contributed by atoms with van der Waals surface area (Å²) in [6.45, 7) is 0. The minimum absolute atomic E-state index is 0.116. The smallest absolute Gasteiger partial charge is 0.295 e. The Morgan fingerprint density at radius 1 is 1.22 bits per heavy atom. The van der Waals surface area contributed by atoms with Gasteiger partial charge < -0.3 is 10.1 Å². The van der Waals surface area contributed by atoms with Crippen molar-refractivity contribution in [3.63, 3.8) is 0 Å². The molecule has 2 aromatic carbocycles. The highest BCUT2D eigenvalue weighted by atomic mass is 16.5. The highest BCUT2D eigenvalue weighted by molar-refractivity contribution is 5.97. The number of azo groups is 1. The van der Waals surface area contributed by atoms with E-state index in [1.807, 2.05) is 6.07 Å². The molecule has 1 aliphatic heterocycles. The molecule has 6 heteroatoms. The number of benzene rings is 2. The summed E-state index contributed by atoms with van der Waals surface area (Å²) in [4.78, 5) is 23.9. The number of nitrogens with one attached hydrogen (secondary N) is 1. The maximum Gasteiger partial charge on any atom is 0.295 e. The lowest BCUT2D eigenvalue weighted by molar-refractivity contribution is -0.116. The second-order valence-corrected chi connectivity index (χ2v) is 5.11. The zero-order valence-electron chi connectivity index (χ0n) is 12.5. The molecule has 0 aliphatic carbocycles. The molecule has 0 saturated carbocycles. The maximum absolute atomic E-state index is 12.2. The fraction of sp³-hybridized carbons (Fsp3) is 0.176. The first-order valence-corrected chi connectivity index (χ1v) is 7.15. The molecule has 0 spiro atoms. The molecule has 3 rings (SSSR count). The molecule has 1 unspecified atom stereocenters. The predicted molar refractivity (Wildman–Crippen MR) is 84.6 cm³/mol. The first kappa shape index (κ1) is 14.9. The molecular formula is C17H15N3O3. The van der Waals surface area contributed by atoms with Crippen molar-refractivity contribution in [2.75, 3.05) is 12.4 Å². The van der Waals surface area contributed by atoms with E-state index >= 15 is 0 Å². The van der Waals surface area contributed by atoms with Crippen molar-refractivity contribution in [3.05, 3.63) is 59.7 Å². The molecule has 116 valence electrons. The number of fused-ring (bicyclic) bond motifs is 1. The summed E-state index contributed by atoms with van der Waals surface area (Å²) in [7, 11) is 1.57. The second-order valence-electron chi connectivity index (χ2n) is 5.11. The number of hydrogen-bond acceptors (Lipinski definition) is 4. The average molecular weight is 309 g/mol. The Kier molecular flexibility index (Phi) is 4.14. The Hall–Kier alpha value is -3.02. The zero-order chi connectivity index (χ0) is 16.2. The van der Waals surface area contributed by atoms with Crippen LogP contribution in [-0.2, 0) is 4.79 Å². The van der Waals surface area contributed by atoms with Gasteiger partial charge in [-0.15, -0.1) is 5.11 Å². The molecule has 1 atom stereocenters. The molecule has 0 bridgehead atoms. The van der Waals surface area contributed by atoms with Crippen LogP contribution in [-0.4, -0.2) is 18.9 Å². The van der Waals surface area contributed by atoms with Gasteiger partial charge in [0.1, 0.15) is 11.8 Å². The summed E-state index contributed by atoms with van der Waals surface area (Å²) in [5.74, 6) is 0.0903. The van der Waals surface area contributed by atoms with Gasteiger partial charge >= 0.3 is 0 Å². The van der Waals surface area contributed by atoms with Gasteiger partial charge in [-0.25, -0.2) is 0 Å². The Morgan fingerprint density at radius 2 is 2.04 bits per heavy atom. The second kappa shape index (κ2) is 6.39. The number of nitrogens with zero attached hydrogens (tertiary/aromatic N) is 2. The van der Waals surface area contributed by atoms with Gasteiger partial charge in [0, 0.05) is 17.3 Å². The van der Waals surface area contributed by atoms with Crippen molar-refractivity contribution in [3.8, 4) is 5.75 Å². The lowest BCUT2D eigenvalue weighted by atomic mass is 9.97. The summed E-state index contributed by atoms with van der Waals surface area (Å²) in [6.07, 6.45) is 0.116. The summed E-state index contributed by atoms with van der Waals surface area (Å²) in [6, 6.07) is 13.7. The van der Waals surface area contributed by atoms with Crippen LogP contribution in [0, 0.1) is 0 Å². The largest absolute Gasteiger partial charge is 0.497 e. The number of ether oxygens (including phenoxy) is 1. The van der Waals surface area contributed by atoms with Crippen LogP contribution in [0.25, 0.3) is 0 Å². The predicted octanol–water partition coefficient (Wildman–Crippen LogP) is 3.37. The van der Waals surface area contributed by atoms with Crippen LogP contribution in [0.1, 0.15) is 28.4 Å². The Bertz CT molecular complexity index is 786. The van der Waals surface area contributed by atoms with Gasteiger partial charge in [-0.3, -0.25) is 9.59 Å². The van der Waals surface area contributed by atoms with E-state index in [1.165, 1.54) is 0 Å². The monoisotopic (exact) mass is 309 g/mol. The van der Waals surface area contributed by atoms with E-state index in [9.17, 15) is 9.59 Å². The number of hydrogen-bond donors (Lipinski definition) is 1. The van der Waals surface area contributed by atoms with Crippen LogP contribution in [0.3, 0.4) is 0 Å². The van der Waals surface area contributed by atoms with Crippen LogP contribution in [0.5, 0.6) is 5.75 Å². The van der Waals surface area contributed by atoms with E-state index in [1.54, 1.807) is 49.6 Å². The molecule has 23 heavy (non-hydrogen) atoms. The average Bonchev–Trinajstić information content (AvgIpc) is 2.58. The number of carbonyl (C=O) groups is 2. The van der Waals surface area contributed by atoms with E-state index < -0.39 is 6.04 Å². The first-order valence-electron chi connectivity index (χ1n) is 7.15. The van der Waals surface area contributed by atoms with Gasteiger partial charge in [0.2, 0.25) is 5.91 Å². The number of amides is 2. The Labute approximate surface area is 133 Å². The molecule has 2 amide bonds. The van der Waals surface area contributed by atoms with Crippen molar-refractivity contribution in [2.24, 2.45) is 10.2 Å². The summed E-state index contributed by atoms with van der Waals surface area (Å²) in [5.41, 5.74) is 1.88. The fourth-order valence-corrected chi connectivity index (χ4v) is 2.46. The van der Waals surface area contributed by atoms with E-state index in [2.05, 4.69) is 15.5 Å². The van der Waals surface area contributed by atoms with Crippen LogP contribution in [0.15, 0.2) is 58.8 Å². The SMILES string of the molecule is COc1cccc(NC(=O)CC2N=NC(=O)c3ccccc32)c1. The van der Waals surface area contributed by atoms with Crippen molar-refractivity contribution in [1.82, 2.24) is 0 Å². The van der Waals surface area contributed by atoms with Crippen molar-refractivity contribution >= 4 is 17.5 Å². The molecule has 2 aromatic rings. The molecule has 6 nitrogen and oxygen atoms in total. The van der Waals surface area contributed by atoms with Crippen LogP contribution >= 0.6 is 0 Å². The topological polar surface area (TPSA) is 80.1 Å². The quantitative estimate of drug-likeness (QED) is 0.940. The molecule has 0 saturated heterocycles. The minimum atomic E-state index is -0.450. The van der Waals surface area contributed by atoms with E-state index in [0.717, 1.165) is 5.56 Å². The fourth-order valence-electron chi connectivity index (χ4n) is 2.46. The van der Waals surface area contributed by atoms with Crippen molar-refractivity contribution in [1.29, 1.82) is 0 Å². The van der Waals surface area contributed by atoms with Gasteiger partial charge in [0.25, 0.3) is 5.91 Å². The molecular weight excluding hydrogens is 294 g/mol.